The van der Waals surface area contributed by atoms with Crippen LogP contribution in [0, 0.1) is 6.92 Å². The van der Waals surface area contributed by atoms with E-state index in [1.165, 1.54) is 0 Å². The van der Waals surface area contributed by atoms with E-state index in [9.17, 15) is 0 Å². The molecule has 4 nitrogen and oxygen atoms in total. The number of aromatic nitrogens is 2. The van der Waals surface area contributed by atoms with Gasteiger partial charge >= 0.3 is 6.01 Å². The van der Waals surface area contributed by atoms with Crippen LogP contribution in [0.25, 0.3) is 11.5 Å². The van der Waals surface area contributed by atoms with Crippen molar-refractivity contribution in [1.29, 1.82) is 0 Å². The Bertz CT molecular complexity index is 423. The fourth-order valence-corrected chi connectivity index (χ4v) is 1.13. The zero-order chi connectivity index (χ0) is 11.3. The molecule has 0 aliphatic rings. The molecule has 1 aromatic carbocycles. The Balaban J connectivity index is 0.000000531. The molecule has 0 unspecified atom stereocenters. The monoisotopic (exact) mass is 205 g/mol. The van der Waals surface area contributed by atoms with Gasteiger partial charge in [-0.1, -0.05) is 36.6 Å². The van der Waals surface area contributed by atoms with Crippen LogP contribution < -0.4 is 5.73 Å². The van der Waals surface area contributed by atoms with Crippen molar-refractivity contribution in [3.63, 3.8) is 0 Å². The van der Waals surface area contributed by atoms with Crippen LogP contribution in [0.2, 0.25) is 0 Å². The van der Waals surface area contributed by atoms with Crippen molar-refractivity contribution in [2.45, 2.75) is 20.8 Å². The first-order valence-corrected chi connectivity index (χ1v) is 4.92. The average molecular weight is 205 g/mol. The van der Waals surface area contributed by atoms with Crippen molar-refractivity contribution >= 4 is 6.01 Å². The molecule has 4 heteroatoms. The van der Waals surface area contributed by atoms with E-state index in [1.807, 2.05) is 45.0 Å². The van der Waals surface area contributed by atoms with E-state index in [1.54, 1.807) is 0 Å². The molecular weight excluding hydrogens is 190 g/mol. The minimum Gasteiger partial charge on any atom is -0.404 e. The number of nitrogens with two attached hydrogens (primary N) is 1. The van der Waals surface area contributed by atoms with E-state index in [0.29, 0.717) is 5.89 Å². The van der Waals surface area contributed by atoms with Crippen LogP contribution in [0.4, 0.5) is 6.01 Å². The molecule has 0 atom stereocenters. The minimum atomic E-state index is 0.0940. The van der Waals surface area contributed by atoms with Crippen molar-refractivity contribution in [1.82, 2.24) is 10.2 Å². The van der Waals surface area contributed by atoms with Crippen LogP contribution in [0.15, 0.2) is 28.7 Å². The number of hydrogen-bond acceptors (Lipinski definition) is 4. The van der Waals surface area contributed by atoms with E-state index < -0.39 is 0 Å². The summed E-state index contributed by atoms with van der Waals surface area (Å²) in [5.41, 5.74) is 7.35. The number of aryl methyl sites for hydroxylation is 1. The van der Waals surface area contributed by atoms with Crippen LogP contribution >= 0.6 is 0 Å². The zero-order valence-corrected chi connectivity index (χ0v) is 9.19. The lowest BCUT2D eigenvalue weighted by molar-refractivity contribution is 0.590. The van der Waals surface area contributed by atoms with Crippen molar-refractivity contribution < 1.29 is 4.42 Å². The van der Waals surface area contributed by atoms with Crippen LogP contribution in [0.1, 0.15) is 19.4 Å². The van der Waals surface area contributed by atoms with Crippen molar-refractivity contribution in [3.05, 3.63) is 29.8 Å². The van der Waals surface area contributed by atoms with E-state index in [4.69, 9.17) is 10.2 Å². The second kappa shape index (κ2) is 5.14. The molecule has 0 aliphatic heterocycles. The highest BCUT2D eigenvalue weighted by Crippen LogP contribution is 2.18. The van der Waals surface area contributed by atoms with Crippen LogP contribution in [0.3, 0.4) is 0 Å². The van der Waals surface area contributed by atoms with Gasteiger partial charge in [-0.25, -0.2) is 0 Å². The topological polar surface area (TPSA) is 64.9 Å². The van der Waals surface area contributed by atoms with E-state index in [-0.39, 0.29) is 6.01 Å². The molecule has 0 spiro atoms. The number of benzene rings is 1. The Morgan fingerprint density at radius 2 is 1.93 bits per heavy atom. The third-order valence-corrected chi connectivity index (χ3v) is 1.71. The number of anilines is 1. The van der Waals surface area contributed by atoms with Gasteiger partial charge in [0.25, 0.3) is 0 Å². The standard InChI is InChI=1S/C9H9N3O.C2H6/c1-6-3-2-4-7(5-6)8-11-12-9(10)13-8;1-2/h2-5H,1H3,(H2,10,12);1-2H3. The summed E-state index contributed by atoms with van der Waals surface area (Å²) in [5.74, 6) is 0.459. The molecule has 0 saturated heterocycles. The van der Waals surface area contributed by atoms with E-state index in [2.05, 4.69) is 10.2 Å². The number of nitrogen functional groups attached to an aromatic ring is 1. The van der Waals surface area contributed by atoms with Gasteiger partial charge in [-0.2, -0.15) is 0 Å². The second-order valence-corrected chi connectivity index (χ2v) is 2.81. The molecule has 0 bridgehead atoms. The summed E-state index contributed by atoms with van der Waals surface area (Å²) < 4.78 is 5.08. The third-order valence-electron chi connectivity index (χ3n) is 1.71. The maximum absolute atomic E-state index is 5.31. The van der Waals surface area contributed by atoms with E-state index in [0.717, 1.165) is 11.1 Å². The maximum atomic E-state index is 5.31. The third kappa shape index (κ3) is 2.80. The quantitative estimate of drug-likeness (QED) is 0.777. The fraction of sp³-hybridized carbons (Fsp3) is 0.273. The summed E-state index contributed by atoms with van der Waals surface area (Å²) in [6.07, 6.45) is 0. The normalized spacial score (nSPS) is 9.27. The SMILES string of the molecule is CC.Cc1cccc(-c2nnc(N)o2)c1. The molecule has 2 aromatic rings. The molecule has 0 saturated carbocycles. The highest BCUT2D eigenvalue weighted by Gasteiger charge is 2.04. The molecule has 80 valence electrons. The van der Waals surface area contributed by atoms with Crippen molar-refractivity contribution in [2.75, 3.05) is 5.73 Å². The first kappa shape index (κ1) is 11.2. The highest BCUT2D eigenvalue weighted by atomic mass is 16.4. The first-order valence-electron chi connectivity index (χ1n) is 4.92. The average Bonchev–Trinajstić information content (AvgIpc) is 2.68. The Morgan fingerprint density at radius 1 is 1.20 bits per heavy atom. The van der Waals surface area contributed by atoms with Gasteiger partial charge in [0.2, 0.25) is 5.89 Å². The molecular formula is C11H15N3O. The van der Waals surface area contributed by atoms with Crippen LogP contribution in [0.5, 0.6) is 0 Å². The summed E-state index contributed by atoms with van der Waals surface area (Å²) in [6, 6.07) is 7.90. The number of nitrogens with zero attached hydrogens (tertiary/aromatic N) is 2. The van der Waals surface area contributed by atoms with E-state index >= 15 is 0 Å². The van der Waals surface area contributed by atoms with Crippen molar-refractivity contribution in [3.8, 4) is 11.5 Å². The molecule has 2 rings (SSSR count). The second-order valence-electron chi connectivity index (χ2n) is 2.81. The summed E-state index contributed by atoms with van der Waals surface area (Å²) in [5, 5.41) is 7.37. The Hall–Kier alpha value is -1.84. The molecule has 15 heavy (non-hydrogen) atoms. The summed E-state index contributed by atoms with van der Waals surface area (Å²) in [4.78, 5) is 0. The predicted octanol–water partition coefficient (Wildman–Crippen LogP) is 2.65. The number of hydrogen-bond donors (Lipinski definition) is 1. The fourth-order valence-electron chi connectivity index (χ4n) is 1.13. The van der Waals surface area contributed by atoms with Crippen LogP contribution in [-0.4, -0.2) is 10.2 Å². The predicted molar refractivity (Wildman–Crippen MR) is 60.2 cm³/mol. The minimum absolute atomic E-state index is 0.0940. The Morgan fingerprint density at radius 3 is 2.47 bits per heavy atom. The van der Waals surface area contributed by atoms with Gasteiger partial charge in [-0.05, 0) is 19.1 Å². The van der Waals surface area contributed by atoms with Gasteiger partial charge < -0.3 is 10.2 Å². The van der Waals surface area contributed by atoms with Gasteiger partial charge in [0.15, 0.2) is 0 Å². The molecule has 0 fully saturated rings. The smallest absolute Gasteiger partial charge is 0.313 e. The maximum Gasteiger partial charge on any atom is 0.313 e. The zero-order valence-electron chi connectivity index (χ0n) is 9.19. The van der Waals surface area contributed by atoms with Gasteiger partial charge in [-0.3, -0.25) is 0 Å². The van der Waals surface area contributed by atoms with Gasteiger partial charge in [0.1, 0.15) is 0 Å². The molecule has 1 aromatic heterocycles. The van der Waals surface area contributed by atoms with Gasteiger partial charge in [-0.15, -0.1) is 5.10 Å². The number of rotatable bonds is 1. The molecule has 2 N–H and O–H groups in total. The molecule has 0 radical (unpaired) electrons. The molecule has 1 heterocycles. The summed E-state index contributed by atoms with van der Waals surface area (Å²) in [6.45, 7) is 6.00. The molecule has 0 aliphatic carbocycles. The lowest BCUT2D eigenvalue weighted by atomic mass is 10.1. The Kier molecular flexibility index (Phi) is 3.85. The summed E-state index contributed by atoms with van der Waals surface area (Å²) >= 11 is 0. The first-order chi connectivity index (χ1) is 7.25. The largest absolute Gasteiger partial charge is 0.404 e. The lowest BCUT2D eigenvalue weighted by Crippen LogP contribution is -1.81. The molecule has 0 amide bonds. The Labute approximate surface area is 89.1 Å². The van der Waals surface area contributed by atoms with Gasteiger partial charge in [0.05, 0.1) is 0 Å². The van der Waals surface area contributed by atoms with Crippen molar-refractivity contribution in [2.24, 2.45) is 0 Å². The van der Waals surface area contributed by atoms with Gasteiger partial charge in [0, 0.05) is 5.56 Å². The van der Waals surface area contributed by atoms with Crippen LogP contribution in [-0.2, 0) is 0 Å². The highest BCUT2D eigenvalue weighted by molar-refractivity contribution is 5.54. The summed E-state index contributed by atoms with van der Waals surface area (Å²) in [7, 11) is 0. The lowest BCUT2D eigenvalue weighted by Gasteiger charge is -1.94.